The third-order valence-corrected chi connectivity index (χ3v) is 6.06. The Balaban J connectivity index is 1.83. The molecule has 1 N–H and O–H groups in total. The molecule has 0 saturated heterocycles. The first-order chi connectivity index (χ1) is 14.4. The standard InChI is InChI=1S/C24H29N3O2S/c1-5-6-14-27-23(29)19-11-7-8-13-20(19)25-24(27)30-15-21(28)26-22-17(4)10-9-12-18(22)16(2)3/h7-13,16H,5-6,14-15H2,1-4H3,(H,26,28). The Kier molecular flexibility index (Phi) is 7.32. The van der Waals surface area contributed by atoms with Crippen LogP contribution in [0.25, 0.3) is 10.9 Å². The van der Waals surface area contributed by atoms with E-state index in [2.05, 4.69) is 31.1 Å². The summed E-state index contributed by atoms with van der Waals surface area (Å²) >= 11 is 1.31. The molecule has 0 aliphatic rings. The number of aryl methyl sites for hydroxylation is 1. The number of thioether (sulfide) groups is 1. The van der Waals surface area contributed by atoms with Crippen molar-refractivity contribution in [2.75, 3.05) is 11.1 Å². The number of carbonyl (C=O) groups excluding carboxylic acids is 1. The maximum Gasteiger partial charge on any atom is 0.262 e. The van der Waals surface area contributed by atoms with Gasteiger partial charge in [-0.3, -0.25) is 14.2 Å². The van der Waals surface area contributed by atoms with Crippen molar-refractivity contribution in [1.82, 2.24) is 9.55 Å². The van der Waals surface area contributed by atoms with E-state index in [1.165, 1.54) is 11.8 Å². The van der Waals surface area contributed by atoms with E-state index < -0.39 is 0 Å². The molecule has 5 nitrogen and oxygen atoms in total. The topological polar surface area (TPSA) is 64.0 Å². The molecule has 30 heavy (non-hydrogen) atoms. The molecule has 0 spiro atoms. The van der Waals surface area contributed by atoms with Crippen LogP contribution in [0.1, 0.15) is 50.7 Å². The summed E-state index contributed by atoms with van der Waals surface area (Å²) in [5.41, 5.74) is 3.67. The highest BCUT2D eigenvalue weighted by Crippen LogP contribution is 2.28. The molecule has 0 aliphatic heterocycles. The number of anilines is 1. The summed E-state index contributed by atoms with van der Waals surface area (Å²) in [6.45, 7) is 8.93. The van der Waals surface area contributed by atoms with Gasteiger partial charge < -0.3 is 5.32 Å². The van der Waals surface area contributed by atoms with Gasteiger partial charge in [0, 0.05) is 12.2 Å². The van der Waals surface area contributed by atoms with Crippen molar-refractivity contribution in [2.45, 2.75) is 58.2 Å². The fraction of sp³-hybridized carbons (Fsp3) is 0.375. The van der Waals surface area contributed by atoms with Gasteiger partial charge in [-0.1, -0.05) is 69.3 Å². The third kappa shape index (κ3) is 4.93. The van der Waals surface area contributed by atoms with Gasteiger partial charge >= 0.3 is 0 Å². The molecule has 0 saturated carbocycles. The number of aromatic nitrogens is 2. The van der Waals surface area contributed by atoms with Crippen LogP contribution >= 0.6 is 11.8 Å². The van der Waals surface area contributed by atoms with Gasteiger partial charge in [0.05, 0.1) is 16.7 Å². The fourth-order valence-corrected chi connectivity index (χ4v) is 4.24. The molecule has 3 rings (SSSR count). The fourth-order valence-electron chi connectivity index (χ4n) is 3.42. The summed E-state index contributed by atoms with van der Waals surface area (Å²) < 4.78 is 1.71. The number of hydrogen-bond acceptors (Lipinski definition) is 4. The smallest absolute Gasteiger partial charge is 0.262 e. The molecule has 1 aromatic heterocycles. The highest BCUT2D eigenvalue weighted by Gasteiger charge is 2.15. The average Bonchev–Trinajstić information content (AvgIpc) is 2.73. The van der Waals surface area contributed by atoms with Crippen molar-refractivity contribution < 1.29 is 4.79 Å². The molecular formula is C24H29N3O2S. The van der Waals surface area contributed by atoms with Crippen LogP contribution in [0.2, 0.25) is 0 Å². The molecule has 0 bridgehead atoms. The molecule has 0 atom stereocenters. The van der Waals surface area contributed by atoms with E-state index in [9.17, 15) is 9.59 Å². The molecule has 3 aromatic rings. The van der Waals surface area contributed by atoms with Crippen molar-refractivity contribution in [3.05, 3.63) is 63.9 Å². The molecule has 2 aromatic carbocycles. The molecule has 158 valence electrons. The van der Waals surface area contributed by atoms with Gasteiger partial charge in [-0.05, 0) is 42.5 Å². The second-order valence-electron chi connectivity index (χ2n) is 7.75. The molecule has 0 aliphatic carbocycles. The Bertz CT molecular complexity index is 1110. The highest BCUT2D eigenvalue weighted by atomic mass is 32.2. The molecular weight excluding hydrogens is 394 g/mol. The first-order valence-corrected chi connectivity index (χ1v) is 11.4. The number of unbranched alkanes of at least 4 members (excludes halogenated alkanes) is 1. The molecule has 1 heterocycles. The minimum Gasteiger partial charge on any atom is -0.325 e. The number of rotatable bonds is 8. The van der Waals surface area contributed by atoms with Crippen LogP contribution in [0.5, 0.6) is 0 Å². The molecule has 0 radical (unpaired) electrons. The van der Waals surface area contributed by atoms with E-state index in [1.54, 1.807) is 10.6 Å². The van der Waals surface area contributed by atoms with E-state index in [4.69, 9.17) is 0 Å². The Morgan fingerprint density at radius 2 is 1.93 bits per heavy atom. The number of para-hydroxylation sites is 2. The third-order valence-electron chi connectivity index (χ3n) is 5.09. The predicted molar refractivity (Wildman–Crippen MR) is 126 cm³/mol. The minimum absolute atomic E-state index is 0.0436. The summed E-state index contributed by atoms with van der Waals surface area (Å²) in [4.78, 5) is 30.4. The quantitative estimate of drug-likeness (QED) is 0.391. The van der Waals surface area contributed by atoms with E-state index >= 15 is 0 Å². The van der Waals surface area contributed by atoms with Crippen molar-refractivity contribution in [2.24, 2.45) is 0 Å². The summed E-state index contributed by atoms with van der Waals surface area (Å²) in [5, 5.41) is 4.28. The highest BCUT2D eigenvalue weighted by molar-refractivity contribution is 7.99. The Morgan fingerprint density at radius 1 is 1.17 bits per heavy atom. The van der Waals surface area contributed by atoms with Crippen LogP contribution in [0, 0.1) is 6.92 Å². The van der Waals surface area contributed by atoms with Crippen molar-refractivity contribution in [3.63, 3.8) is 0 Å². The summed E-state index contributed by atoms with van der Waals surface area (Å²) in [6.07, 6.45) is 1.87. The number of fused-ring (bicyclic) bond motifs is 1. The van der Waals surface area contributed by atoms with Gasteiger partial charge in [0.15, 0.2) is 5.16 Å². The van der Waals surface area contributed by atoms with Gasteiger partial charge in [0.25, 0.3) is 5.56 Å². The molecule has 6 heteroatoms. The second kappa shape index (κ2) is 9.94. The molecule has 0 unspecified atom stereocenters. The number of benzene rings is 2. The van der Waals surface area contributed by atoms with Gasteiger partial charge in [0.2, 0.25) is 5.91 Å². The van der Waals surface area contributed by atoms with Crippen molar-refractivity contribution in [3.8, 4) is 0 Å². The van der Waals surface area contributed by atoms with Crippen LogP contribution in [-0.2, 0) is 11.3 Å². The zero-order valence-electron chi connectivity index (χ0n) is 18.1. The Morgan fingerprint density at radius 3 is 2.67 bits per heavy atom. The first kappa shape index (κ1) is 22.1. The first-order valence-electron chi connectivity index (χ1n) is 10.4. The number of nitrogens with zero attached hydrogens (tertiary/aromatic N) is 2. The van der Waals surface area contributed by atoms with E-state index in [0.717, 1.165) is 29.7 Å². The monoisotopic (exact) mass is 423 g/mol. The van der Waals surface area contributed by atoms with Crippen molar-refractivity contribution in [1.29, 1.82) is 0 Å². The van der Waals surface area contributed by atoms with Gasteiger partial charge in [0.1, 0.15) is 0 Å². The van der Waals surface area contributed by atoms with Crippen LogP contribution in [-0.4, -0.2) is 21.2 Å². The van der Waals surface area contributed by atoms with Gasteiger partial charge in [-0.15, -0.1) is 0 Å². The van der Waals surface area contributed by atoms with E-state index in [1.807, 2.05) is 43.3 Å². The van der Waals surface area contributed by atoms with Crippen LogP contribution in [0.3, 0.4) is 0 Å². The minimum atomic E-state index is -0.0966. The summed E-state index contributed by atoms with van der Waals surface area (Å²) in [5.74, 6) is 0.415. The zero-order chi connectivity index (χ0) is 21.7. The molecule has 1 amide bonds. The number of hydrogen-bond donors (Lipinski definition) is 1. The predicted octanol–water partition coefficient (Wildman–Crippen LogP) is 5.36. The van der Waals surface area contributed by atoms with Crippen LogP contribution in [0.4, 0.5) is 5.69 Å². The number of carbonyl (C=O) groups is 1. The van der Waals surface area contributed by atoms with Crippen LogP contribution < -0.4 is 10.9 Å². The largest absolute Gasteiger partial charge is 0.325 e. The lowest BCUT2D eigenvalue weighted by Gasteiger charge is -2.17. The van der Waals surface area contributed by atoms with Gasteiger partial charge in [-0.2, -0.15) is 0 Å². The van der Waals surface area contributed by atoms with Crippen LogP contribution in [0.15, 0.2) is 52.4 Å². The second-order valence-corrected chi connectivity index (χ2v) is 8.70. The summed E-state index contributed by atoms with van der Waals surface area (Å²) in [6, 6.07) is 13.4. The Hall–Kier alpha value is -2.60. The van der Waals surface area contributed by atoms with Crippen molar-refractivity contribution >= 4 is 34.3 Å². The maximum atomic E-state index is 13.0. The number of nitrogens with one attached hydrogen (secondary N) is 1. The maximum absolute atomic E-state index is 13.0. The van der Waals surface area contributed by atoms with E-state index in [-0.39, 0.29) is 17.2 Å². The zero-order valence-corrected chi connectivity index (χ0v) is 18.9. The lowest BCUT2D eigenvalue weighted by Crippen LogP contribution is -2.24. The van der Waals surface area contributed by atoms with Gasteiger partial charge in [-0.25, -0.2) is 4.98 Å². The summed E-state index contributed by atoms with van der Waals surface area (Å²) in [7, 11) is 0. The average molecular weight is 424 g/mol. The lowest BCUT2D eigenvalue weighted by atomic mass is 9.98. The normalized spacial score (nSPS) is 11.2. The Labute approximate surface area is 181 Å². The molecule has 0 fully saturated rings. The SMILES string of the molecule is CCCCn1c(SCC(=O)Nc2c(C)cccc2C(C)C)nc2ccccc2c1=O. The number of amides is 1. The van der Waals surface area contributed by atoms with E-state index in [0.29, 0.717) is 28.5 Å². The lowest BCUT2D eigenvalue weighted by molar-refractivity contribution is -0.113.